The Balaban J connectivity index is 1.79. The summed E-state index contributed by atoms with van der Waals surface area (Å²) < 4.78 is 0. The van der Waals surface area contributed by atoms with E-state index in [2.05, 4.69) is 15.5 Å². The van der Waals surface area contributed by atoms with Crippen molar-refractivity contribution in [3.63, 3.8) is 0 Å². The van der Waals surface area contributed by atoms with Crippen LogP contribution in [0, 0.1) is 11.8 Å². The van der Waals surface area contributed by atoms with Gasteiger partial charge in [0.1, 0.15) is 0 Å². The Labute approximate surface area is 132 Å². The van der Waals surface area contributed by atoms with Gasteiger partial charge in [-0.05, 0) is 31.7 Å². The number of amides is 1. The van der Waals surface area contributed by atoms with Gasteiger partial charge < -0.3 is 15.7 Å². The van der Waals surface area contributed by atoms with E-state index in [4.69, 9.17) is 0 Å². The first-order chi connectivity index (χ1) is 10.5. The Hall–Kier alpha value is -1.14. The number of carbonyl (C=O) groups is 2. The quantitative estimate of drug-likeness (QED) is 0.644. The molecule has 2 rings (SSSR count). The highest BCUT2D eigenvalue weighted by atomic mass is 16.4. The molecule has 1 saturated heterocycles. The maximum absolute atomic E-state index is 11.4. The fraction of sp³-hybridized carbons (Fsp3) is 0.875. The van der Waals surface area contributed by atoms with Crippen LogP contribution in [0.2, 0.25) is 0 Å². The molecule has 2 fully saturated rings. The number of nitrogens with one attached hydrogen (secondary N) is 2. The Morgan fingerprint density at radius 2 is 1.95 bits per heavy atom. The largest absolute Gasteiger partial charge is 0.481 e. The number of carboxylic acid groups (broad SMARTS) is 1. The van der Waals surface area contributed by atoms with Crippen molar-refractivity contribution in [3.8, 4) is 0 Å². The Kier molecular flexibility index (Phi) is 6.64. The molecule has 1 aliphatic carbocycles. The number of hydrogen-bond acceptors (Lipinski definition) is 4. The van der Waals surface area contributed by atoms with Crippen molar-refractivity contribution in [2.75, 3.05) is 32.7 Å². The number of aliphatic carboxylic acids is 1. The molecule has 0 spiro atoms. The Morgan fingerprint density at radius 1 is 1.23 bits per heavy atom. The topological polar surface area (TPSA) is 81.7 Å². The zero-order chi connectivity index (χ0) is 15.9. The van der Waals surface area contributed by atoms with Gasteiger partial charge >= 0.3 is 5.97 Å². The minimum atomic E-state index is -0.711. The van der Waals surface area contributed by atoms with Crippen LogP contribution in [-0.4, -0.2) is 60.6 Å². The fourth-order valence-corrected chi connectivity index (χ4v) is 3.64. The van der Waals surface area contributed by atoms with E-state index in [1.807, 2.05) is 0 Å². The lowest BCUT2D eigenvalue weighted by atomic mass is 9.93. The van der Waals surface area contributed by atoms with E-state index in [1.165, 1.54) is 32.6 Å². The average molecular weight is 311 g/mol. The molecule has 0 aromatic rings. The zero-order valence-corrected chi connectivity index (χ0v) is 13.5. The number of rotatable bonds is 7. The monoisotopic (exact) mass is 311 g/mol. The molecular weight excluding hydrogens is 282 g/mol. The van der Waals surface area contributed by atoms with Gasteiger partial charge in [0.25, 0.3) is 0 Å². The first kappa shape index (κ1) is 17.2. The summed E-state index contributed by atoms with van der Waals surface area (Å²) in [5.74, 6) is -0.301. The summed E-state index contributed by atoms with van der Waals surface area (Å²) in [7, 11) is 0. The second-order valence-corrected chi connectivity index (χ2v) is 6.77. The fourth-order valence-electron chi connectivity index (χ4n) is 3.64. The molecule has 6 nitrogen and oxygen atoms in total. The second-order valence-electron chi connectivity index (χ2n) is 6.77. The molecule has 126 valence electrons. The molecule has 0 aromatic carbocycles. The molecule has 1 saturated carbocycles. The molecule has 22 heavy (non-hydrogen) atoms. The summed E-state index contributed by atoms with van der Waals surface area (Å²) in [5, 5.41) is 15.7. The summed E-state index contributed by atoms with van der Waals surface area (Å²) in [5.41, 5.74) is 0. The number of piperidine rings is 1. The molecule has 1 heterocycles. The third-order valence-electron chi connectivity index (χ3n) is 4.85. The summed E-state index contributed by atoms with van der Waals surface area (Å²) in [6.07, 6.45) is 5.97. The highest BCUT2D eigenvalue weighted by molar-refractivity contribution is 5.72. The van der Waals surface area contributed by atoms with Crippen molar-refractivity contribution >= 4 is 11.9 Å². The van der Waals surface area contributed by atoms with Crippen LogP contribution in [-0.2, 0) is 9.59 Å². The highest BCUT2D eigenvalue weighted by Gasteiger charge is 2.31. The molecule has 6 heteroatoms. The molecular formula is C16H29N3O3. The molecule has 0 aromatic heterocycles. The van der Waals surface area contributed by atoms with Crippen LogP contribution >= 0.6 is 0 Å². The summed E-state index contributed by atoms with van der Waals surface area (Å²) in [4.78, 5) is 24.5. The normalized spacial score (nSPS) is 27.0. The molecule has 3 N–H and O–H groups in total. The number of nitrogens with zero attached hydrogens (tertiary/aromatic N) is 1. The van der Waals surface area contributed by atoms with Crippen LogP contribution in [0.15, 0.2) is 0 Å². The van der Waals surface area contributed by atoms with Crippen LogP contribution in [0.3, 0.4) is 0 Å². The van der Waals surface area contributed by atoms with Gasteiger partial charge in [-0.3, -0.25) is 14.5 Å². The minimum absolute atomic E-state index is 0.0392. The van der Waals surface area contributed by atoms with Gasteiger partial charge in [0.05, 0.1) is 5.92 Å². The second kappa shape index (κ2) is 8.48. The predicted octanol–water partition coefficient (Wildman–Crippen LogP) is 0.677. The standard InChI is InChI=1S/C16H29N3O3/c1-12(20)17-6-7-19-10-14(16(21)22)8-15(11-19)18-9-13-4-2-3-5-13/h13-15,18H,2-11H2,1H3,(H,17,20)(H,21,22). The third-order valence-corrected chi connectivity index (χ3v) is 4.85. The van der Waals surface area contributed by atoms with Gasteiger partial charge in [-0.2, -0.15) is 0 Å². The summed E-state index contributed by atoms with van der Waals surface area (Å²) in [6.45, 7) is 5.26. The lowest BCUT2D eigenvalue weighted by Crippen LogP contribution is -2.53. The molecule has 1 aliphatic heterocycles. The van der Waals surface area contributed by atoms with E-state index in [-0.39, 0.29) is 17.9 Å². The van der Waals surface area contributed by atoms with Crippen molar-refractivity contribution in [2.24, 2.45) is 11.8 Å². The van der Waals surface area contributed by atoms with Gasteiger partial charge in [-0.1, -0.05) is 12.8 Å². The van der Waals surface area contributed by atoms with E-state index in [0.29, 0.717) is 26.1 Å². The molecule has 2 unspecified atom stereocenters. The van der Waals surface area contributed by atoms with Crippen LogP contribution in [0.4, 0.5) is 0 Å². The van der Waals surface area contributed by atoms with Crippen molar-refractivity contribution in [1.82, 2.24) is 15.5 Å². The van der Waals surface area contributed by atoms with Crippen LogP contribution in [0.25, 0.3) is 0 Å². The SMILES string of the molecule is CC(=O)NCCN1CC(NCC2CCCC2)CC(C(=O)O)C1. The predicted molar refractivity (Wildman–Crippen MR) is 84.6 cm³/mol. The van der Waals surface area contributed by atoms with E-state index >= 15 is 0 Å². The summed E-state index contributed by atoms with van der Waals surface area (Å²) >= 11 is 0. The lowest BCUT2D eigenvalue weighted by Gasteiger charge is -2.37. The molecule has 2 aliphatic rings. The Bertz CT molecular complexity index is 383. The van der Waals surface area contributed by atoms with Crippen molar-refractivity contribution in [1.29, 1.82) is 0 Å². The first-order valence-corrected chi connectivity index (χ1v) is 8.47. The van der Waals surface area contributed by atoms with Gasteiger partial charge in [-0.25, -0.2) is 0 Å². The van der Waals surface area contributed by atoms with Gasteiger partial charge in [0.15, 0.2) is 0 Å². The number of hydrogen-bond donors (Lipinski definition) is 3. The smallest absolute Gasteiger partial charge is 0.307 e. The third kappa shape index (κ3) is 5.57. The zero-order valence-electron chi connectivity index (χ0n) is 13.5. The Morgan fingerprint density at radius 3 is 2.59 bits per heavy atom. The van der Waals surface area contributed by atoms with Crippen LogP contribution in [0.1, 0.15) is 39.0 Å². The first-order valence-electron chi connectivity index (χ1n) is 8.47. The van der Waals surface area contributed by atoms with E-state index in [9.17, 15) is 14.7 Å². The van der Waals surface area contributed by atoms with Crippen molar-refractivity contribution in [2.45, 2.75) is 45.1 Å². The average Bonchev–Trinajstić information content (AvgIpc) is 2.98. The highest BCUT2D eigenvalue weighted by Crippen LogP contribution is 2.24. The molecule has 0 radical (unpaired) electrons. The maximum atomic E-state index is 11.4. The van der Waals surface area contributed by atoms with Crippen LogP contribution in [0.5, 0.6) is 0 Å². The van der Waals surface area contributed by atoms with Gasteiger partial charge in [0, 0.05) is 39.1 Å². The van der Waals surface area contributed by atoms with E-state index < -0.39 is 5.97 Å². The van der Waals surface area contributed by atoms with E-state index in [0.717, 1.165) is 19.0 Å². The number of likely N-dealkylation sites (tertiary alicyclic amines) is 1. The van der Waals surface area contributed by atoms with E-state index in [1.54, 1.807) is 0 Å². The molecule has 1 amide bonds. The lowest BCUT2D eigenvalue weighted by molar-refractivity contribution is -0.144. The molecule has 0 bridgehead atoms. The molecule has 2 atom stereocenters. The minimum Gasteiger partial charge on any atom is -0.481 e. The van der Waals surface area contributed by atoms with Crippen LogP contribution < -0.4 is 10.6 Å². The van der Waals surface area contributed by atoms with Gasteiger partial charge in [-0.15, -0.1) is 0 Å². The number of carbonyl (C=O) groups excluding carboxylic acids is 1. The summed E-state index contributed by atoms with van der Waals surface area (Å²) in [6, 6.07) is 0.243. The van der Waals surface area contributed by atoms with Crippen molar-refractivity contribution < 1.29 is 14.7 Å². The number of carboxylic acids is 1. The van der Waals surface area contributed by atoms with Gasteiger partial charge in [0.2, 0.25) is 5.91 Å². The van der Waals surface area contributed by atoms with Crippen molar-refractivity contribution in [3.05, 3.63) is 0 Å². The maximum Gasteiger partial charge on any atom is 0.307 e.